The van der Waals surface area contributed by atoms with Crippen LogP contribution < -0.4 is 9.62 Å². The number of para-hydroxylation sites is 1. The molecule has 0 fully saturated rings. The largest absolute Gasteiger partial charge is 0.462 e. The fourth-order valence-electron chi connectivity index (χ4n) is 2.71. The highest BCUT2D eigenvalue weighted by atomic mass is 32.2. The number of hydrogen-bond donors (Lipinski definition) is 1. The van der Waals surface area contributed by atoms with Gasteiger partial charge < -0.3 is 10.1 Å². The molecule has 2 aromatic carbocycles. The molecule has 0 saturated carbocycles. The topological polar surface area (TPSA) is 92.8 Å². The van der Waals surface area contributed by atoms with Gasteiger partial charge in [0, 0.05) is 5.69 Å². The number of hydrogen-bond acceptors (Lipinski definition) is 6. The molecule has 0 aliphatic heterocycles. The Morgan fingerprint density at radius 2 is 1.77 bits per heavy atom. The molecule has 0 unspecified atom stereocenters. The Bertz CT molecular complexity index is 1160. The highest BCUT2D eigenvalue weighted by Crippen LogP contribution is 2.28. The van der Waals surface area contributed by atoms with Crippen LogP contribution in [0.3, 0.4) is 0 Å². The molecule has 0 aliphatic carbocycles. The summed E-state index contributed by atoms with van der Waals surface area (Å²) in [4.78, 5) is 24.3. The zero-order chi connectivity index (χ0) is 22.4. The van der Waals surface area contributed by atoms with Crippen LogP contribution in [0.1, 0.15) is 17.3 Å². The zero-order valence-corrected chi connectivity index (χ0v) is 18.1. The third kappa shape index (κ3) is 5.28. The van der Waals surface area contributed by atoms with Crippen LogP contribution in [0.2, 0.25) is 0 Å². The first-order valence-corrected chi connectivity index (χ1v) is 11.5. The number of halogens is 1. The van der Waals surface area contributed by atoms with Crippen molar-refractivity contribution in [3.05, 3.63) is 77.4 Å². The summed E-state index contributed by atoms with van der Waals surface area (Å²) in [6.07, 6.45) is 0. The maximum atomic E-state index is 14.4. The SMILES string of the molecule is CCOC(=O)c1ccc(NC(=O)CN(c2ccccc2F)S(=O)(=O)c2cccs2)cc1. The minimum atomic E-state index is -4.16. The number of benzene rings is 2. The number of sulfonamides is 1. The van der Waals surface area contributed by atoms with Gasteiger partial charge in [0.1, 0.15) is 16.6 Å². The lowest BCUT2D eigenvalue weighted by molar-refractivity contribution is -0.114. The van der Waals surface area contributed by atoms with Gasteiger partial charge in [-0.25, -0.2) is 17.6 Å². The minimum Gasteiger partial charge on any atom is -0.462 e. The number of esters is 1. The molecule has 7 nitrogen and oxygen atoms in total. The van der Waals surface area contributed by atoms with E-state index in [1.54, 1.807) is 18.4 Å². The summed E-state index contributed by atoms with van der Waals surface area (Å²) >= 11 is 0.970. The van der Waals surface area contributed by atoms with Crippen molar-refractivity contribution in [2.24, 2.45) is 0 Å². The maximum Gasteiger partial charge on any atom is 0.338 e. The average Bonchev–Trinajstić information content (AvgIpc) is 3.29. The Morgan fingerprint density at radius 3 is 2.39 bits per heavy atom. The monoisotopic (exact) mass is 462 g/mol. The van der Waals surface area contributed by atoms with E-state index < -0.39 is 34.3 Å². The van der Waals surface area contributed by atoms with Crippen LogP contribution in [-0.2, 0) is 19.6 Å². The molecule has 1 amide bonds. The van der Waals surface area contributed by atoms with Crippen LogP contribution >= 0.6 is 11.3 Å². The highest BCUT2D eigenvalue weighted by molar-refractivity contribution is 7.94. The second-order valence-corrected chi connectivity index (χ2v) is 9.28. The zero-order valence-electron chi connectivity index (χ0n) is 16.4. The van der Waals surface area contributed by atoms with Gasteiger partial charge in [-0.05, 0) is 54.8 Å². The van der Waals surface area contributed by atoms with E-state index in [9.17, 15) is 22.4 Å². The Kier molecular flexibility index (Phi) is 7.03. The molecule has 0 atom stereocenters. The minimum absolute atomic E-state index is 0.0117. The van der Waals surface area contributed by atoms with Gasteiger partial charge in [-0.1, -0.05) is 18.2 Å². The van der Waals surface area contributed by atoms with E-state index in [1.807, 2.05) is 0 Å². The summed E-state index contributed by atoms with van der Waals surface area (Å²) in [5, 5.41) is 4.14. The predicted molar refractivity (Wildman–Crippen MR) is 116 cm³/mol. The fraction of sp³-hybridized carbons (Fsp3) is 0.143. The summed E-state index contributed by atoms with van der Waals surface area (Å²) in [5.74, 6) is -1.94. The van der Waals surface area contributed by atoms with Crippen molar-refractivity contribution in [3.8, 4) is 0 Å². The third-order valence-electron chi connectivity index (χ3n) is 4.13. The molecule has 0 radical (unpaired) electrons. The lowest BCUT2D eigenvalue weighted by Gasteiger charge is -2.23. The number of nitrogens with zero attached hydrogens (tertiary/aromatic N) is 1. The van der Waals surface area contributed by atoms with Crippen molar-refractivity contribution >= 4 is 44.6 Å². The van der Waals surface area contributed by atoms with Gasteiger partial charge in [0.2, 0.25) is 5.91 Å². The molecule has 0 spiro atoms. The second-order valence-electron chi connectivity index (χ2n) is 6.24. The molecule has 0 saturated heterocycles. The first-order chi connectivity index (χ1) is 14.8. The average molecular weight is 463 g/mol. The Balaban J connectivity index is 1.82. The molecule has 162 valence electrons. The van der Waals surface area contributed by atoms with Crippen LogP contribution in [0.4, 0.5) is 15.8 Å². The molecule has 10 heteroatoms. The summed E-state index contributed by atoms with van der Waals surface area (Å²) in [6.45, 7) is 1.29. The standard InChI is InChI=1S/C21H19FN2O5S2/c1-2-29-21(26)15-9-11-16(12-10-15)23-19(25)14-24(18-7-4-3-6-17(18)22)31(27,28)20-8-5-13-30-20/h3-13H,2,14H2,1H3,(H,23,25). The number of carbonyl (C=O) groups excluding carboxylic acids is 2. The van der Waals surface area contributed by atoms with Crippen molar-refractivity contribution < 1.29 is 27.1 Å². The van der Waals surface area contributed by atoms with E-state index in [0.29, 0.717) is 11.3 Å². The first-order valence-electron chi connectivity index (χ1n) is 9.20. The number of carbonyl (C=O) groups is 2. The molecular formula is C21H19FN2O5S2. The van der Waals surface area contributed by atoms with E-state index in [4.69, 9.17) is 4.74 Å². The Morgan fingerprint density at radius 1 is 1.06 bits per heavy atom. The molecule has 0 bridgehead atoms. The number of rotatable bonds is 8. The Hall–Kier alpha value is -3.24. The Labute approximate surface area is 183 Å². The van der Waals surface area contributed by atoms with Gasteiger partial charge in [-0.3, -0.25) is 9.10 Å². The van der Waals surface area contributed by atoms with E-state index in [1.165, 1.54) is 48.5 Å². The fourth-order valence-corrected chi connectivity index (χ4v) is 5.24. The van der Waals surface area contributed by atoms with Crippen LogP contribution in [-0.4, -0.2) is 33.4 Å². The summed E-state index contributed by atoms with van der Waals surface area (Å²) < 4.78 is 46.1. The van der Waals surface area contributed by atoms with Crippen LogP contribution in [0.25, 0.3) is 0 Å². The van der Waals surface area contributed by atoms with Crippen molar-refractivity contribution in [2.75, 3.05) is 22.8 Å². The summed E-state index contributed by atoms with van der Waals surface area (Å²) in [5.41, 5.74) is 0.428. The number of thiophene rings is 1. The van der Waals surface area contributed by atoms with Crippen LogP contribution in [0.15, 0.2) is 70.3 Å². The number of amides is 1. The summed E-state index contributed by atoms with van der Waals surface area (Å²) in [7, 11) is -4.16. The van der Waals surface area contributed by atoms with E-state index in [-0.39, 0.29) is 16.5 Å². The lowest BCUT2D eigenvalue weighted by atomic mass is 10.2. The normalized spacial score (nSPS) is 11.0. The summed E-state index contributed by atoms with van der Waals surface area (Å²) in [6, 6.07) is 14.2. The number of ether oxygens (including phenoxy) is 1. The maximum absolute atomic E-state index is 14.4. The third-order valence-corrected chi connectivity index (χ3v) is 7.26. The first kappa shape index (κ1) is 22.4. The van der Waals surface area contributed by atoms with Gasteiger partial charge in [-0.2, -0.15) is 0 Å². The van der Waals surface area contributed by atoms with Gasteiger partial charge in [0.25, 0.3) is 10.0 Å². The van der Waals surface area contributed by atoms with Gasteiger partial charge in [-0.15, -0.1) is 11.3 Å². The molecule has 0 aliphatic rings. The molecule has 1 aromatic heterocycles. The lowest BCUT2D eigenvalue weighted by Crippen LogP contribution is -2.38. The van der Waals surface area contributed by atoms with Crippen molar-refractivity contribution in [3.63, 3.8) is 0 Å². The smallest absolute Gasteiger partial charge is 0.338 e. The highest BCUT2D eigenvalue weighted by Gasteiger charge is 2.29. The van der Waals surface area contributed by atoms with E-state index >= 15 is 0 Å². The van der Waals surface area contributed by atoms with E-state index in [2.05, 4.69) is 5.32 Å². The van der Waals surface area contributed by atoms with Gasteiger partial charge in [0.15, 0.2) is 0 Å². The number of nitrogens with one attached hydrogen (secondary N) is 1. The predicted octanol–water partition coefficient (Wildman–Crippen LogP) is 3.90. The quantitative estimate of drug-likeness (QED) is 0.513. The van der Waals surface area contributed by atoms with Gasteiger partial charge >= 0.3 is 5.97 Å². The molecule has 3 rings (SSSR count). The van der Waals surface area contributed by atoms with Crippen molar-refractivity contribution in [1.29, 1.82) is 0 Å². The van der Waals surface area contributed by atoms with Crippen molar-refractivity contribution in [1.82, 2.24) is 0 Å². The molecule has 3 aromatic rings. The van der Waals surface area contributed by atoms with Crippen molar-refractivity contribution in [2.45, 2.75) is 11.1 Å². The molecular weight excluding hydrogens is 443 g/mol. The van der Waals surface area contributed by atoms with Crippen LogP contribution in [0, 0.1) is 5.82 Å². The van der Waals surface area contributed by atoms with Gasteiger partial charge in [0.05, 0.1) is 17.9 Å². The molecule has 1 heterocycles. The van der Waals surface area contributed by atoms with Crippen LogP contribution in [0.5, 0.6) is 0 Å². The van der Waals surface area contributed by atoms with E-state index in [0.717, 1.165) is 21.7 Å². The molecule has 31 heavy (non-hydrogen) atoms. The molecule has 1 N–H and O–H groups in total. The number of anilines is 2. The second kappa shape index (κ2) is 9.71.